The number of hydrogen-bond donors (Lipinski definition) is 1. The topological polar surface area (TPSA) is 101 Å². The predicted octanol–water partition coefficient (Wildman–Crippen LogP) is 3.23. The standard InChI is InChI=1S/C17H19F3N2O5/c1-16(2,3)11-5-4-9(6-13(11)22(26)27)14(23)21-7-10(15(24)25)12(8-21)17(18,19)20/h4-6,10,12H,7-8H2,1-3H3,(H,24,25)/t10-,12-/m1/s1. The molecule has 1 fully saturated rings. The van der Waals surface area contributed by atoms with Crippen LogP contribution < -0.4 is 0 Å². The van der Waals surface area contributed by atoms with Crippen molar-refractivity contribution in [3.8, 4) is 0 Å². The fourth-order valence-corrected chi connectivity index (χ4v) is 3.18. The van der Waals surface area contributed by atoms with E-state index in [1.165, 1.54) is 12.1 Å². The number of carbonyl (C=O) groups is 2. The number of carbonyl (C=O) groups excluding carboxylic acids is 1. The third-order valence-corrected chi connectivity index (χ3v) is 4.59. The normalized spacial score (nSPS) is 20.6. The zero-order valence-electron chi connectivity index (χ0n) is 14.9. The summed E-state index contributed by atoms with van der Waals surface area (Å²) in [7, 11) is 0. The first-order chi connectivity index (χ1) is 12.2. The Balaban J connectivity index is 2.37. The molecule has 148 valence electrons. The van der Waals surface area contributed by atoms with Crippen LogP contribution in [0.2, 0.25) is 0 Å². The Morgan fingerprint density at radius 3 is 2.22 bits per heavy atom. The van der Waals surface area contributed by atoms with Crippen molar-refractivity contribution in [3.05, 3.63) is 39.4 Å². The van der Waals surface area contributed by atoms with Gasteiger partial charge in [0.2, 0.25) is 0 Å². The van der Waals surface area contributed by atoms with E-state index in [0.29, 0.717) is 5.56 Å². The summed E-state index contributed by atoms with van der Waals surface area (Å²) in [4.78, 5) is 35.2. The van der Waals surface area contributed by atoms with E-state index >= 15 is 0 Å². The molecule has 10 heteroatoms. The smallest absolute Gasteiger partial charge is 0.394 e. The Kier molecular flexibility index (Phi) is 5.22. The number of nitro groups is 1. The maximum absolute atomic E-state index is 13.1. The van der Waals surface area contributed by atoms with E-state index in [-0.39, 0.29) is 11.3 Å². The maximum Gasteiger partial charge on any atom is 0.394 e. The van der Waals surface area contributed by atoms with Crippen LogP contribution in [0.1, 0.15) is 36.7 Å². The average Bonchev–Trinajstić information content (AvgIpc) is 2.98. The van der Waals surface area contributed by atoms with Gasteiger partial charge in [0, 0.05) is 30.3 Å². The van der Waals surface area contributed by atoms with Crippen molar-refractivity contribution in [2.75, 3.05) is 13.1 Å². The number of likely N-dealkylation sites (tertiary alicyclic amines) is 1. The van der Waals surface area contributed by atoms with Crippen molar-refractivity contribution >= 4 is 17.6 Å². The summed E-state index contributed by atoms with van der Waals surface area (Å²) < 4.78 is 39.2. The Morgan fingerprint density at radius 1 is 1.22 bits per heavy atom. The molecule has 0 aliphatic carbocycles. The summed E-state index contributed by atoms with van der Waals surface area (Å²) in [6, 6.07) is 3.74. The van der Waals surface area contributed by atoms with Crippen molar-refractivity contribution in [2.24, 2.45) is 11.8 Å². The Bertz CT molecular complexity index is 786. The van der Waals surface area contributed by atoms with Crippen LogP contribution in [-0.4, -0.2) is 46.1 Å². The second-order valence-electron chi connectivity index (χ2n) is 7.54. The van der Waals surface area contributed by atoms with Crippen LogP contribution in [0, 0.1) is 22.0 Å². The van der Waals surface area contributed by atoms with Crippen LogP contribution in [0.5, 0.6) is 0 Å². The van der Waals surface area contributed by atoms with Crippen molar-refractivity contribution < 1.29 is 32.8 Å². The molecule has 1 aromatic carbocycles. The quantitative estimate of drug-likeness (QED) is 0.633. The molecule has 1 aliphatic heterocycles. The fourth-order valence-electron chi connectivity index (χ4n) is 3.18. The number of aliphatic carboxylic acids is 1. The Labute approximate surface area is 152 Å². The van der Waals surface area contributed by atoms with Gasteiger partial charge in [0.1, 0.15) is 0 Å². The summed E-state index contributed by atoms with van der Waals surface area (Å²) >= 11 is 0. The fraction of sp³-hybridized carbons (Fsp3) is 0.529. The molecule has 1 aliphatic rings. The molecule has 2 atom stereocenters. The molecule has 1 heterocycles. The molecule has 1 aromatic rings. The lowest BCUT2D eigenvalue weighted by molar-refractivity contribution is -0.386. The first-order valence-corrected chi connectivity index (χ1v) is 8.11. The van der Waals surface area contributed by atoms with E-state index in [0.717, 1.165) is 11.0 Å². The van der Waals surface area contributed by atoms with E-state index in [1.54, 1.807) is 20.8 Å². The molecule has 0 aromatic heterocycles. The lowest BCUT2D eigenvalue weighted by atomic mass is 9.85. The lowest BCUT2D eigenvalue weighted by Crippen LogP contribution is -2.34. The molecular formula is C17H19F3N2O5. The van der Waals surface area contributed by atoms with Crippen molar-refractivity contribution in [1.82, 2.24) is 4.90 Å². The van der Waals surface area contributed by atoms with Crippen LogP contribution in [0.15, 0.2) is 18.2 Å². The van der Waals surface area contributed by atoms with Gasteiger partial charge in [-0.1, -0.05) is 26.8 Å². The van der Waals surface area contributed by atoms with Gasteiger partial charge in [-0.2, -0.15) is 13.2 Å². The number of carboxylic acids is 1. The largest absolute Gasteiger partial charge is 0.481 e. The first kappa shape index (κ1) is 20.7. The van der Waals surface area contributed by atoms with E-state index < -0.39 is 53.3 Å². The van der Waals surface area contributed by atoms with Crippen molar-refractivity contribution in [1.29, 1.82) is 0 Å². The number of benzene rings is 1. The monoisotopic (exact) mass is 388 g/mol. The number of rotatable bonds is 3. The van der Waals surface area contributed by atoms with Gasteiger partial charge in [-0.25, -0.2) is 0 Å². The van der Waals surface area contributed by atoms with Crippen LogP contribution in [0.4, 0.5) is 18.9 Å². The molecule has 1 N–H and O–H groups in total. The second kappa shape index (κ2) is 6.82. The molecule has 2 rings (SSSR count). The Morgan fingerprint density at radius 2 is 1.81 bits per heavy atom. The molecule has 0 spiro atoms. The van der Waals surface area contributed by atoms with Gasteiger partial charge < -0.3 is 10.0 Å². The summed E-state index contributed by atoms with van der Waals surface area (Å²) in [5, 5.41) is 20.4. The molecule has 7 nitrogen and oxygen atoms in total. The molecular weight excluding hydrogens is 369 g/mol. The molecule has 1 saturated heterocycles. The first-order valence-electron chi connectivity index (χ1n) is 8.11. The number of nitro benzene ring substituents is 1. The van der Waals surface area contributed by atoms with Gasteiger partial charge in [0.25, 0.3) is 11.6 Å². The van der Waals surface area contributed by atoms with E-state index in [9.17, 15) is 32.9 Å². The number of amides is 1. The maximum atomic E-state index is 13.1. The summed E-state index contributed by atoms with van der Waals surface area (Å²) in [5.74, 6) is -6.45. The van der Waals surface area contributed by atoms with Crippen molar-refractivity contribution in [3.63, 3.8) is 0 Å². The van der Waals surface area contributed by atoms with Gasteiger partial charge in [0.05, 0.1) is 16.8 Å². The lowest BCUT2D eigenvalue weighted by Gasteiger charge is -2.21. The van der Waals surface area contributed by atoms with Crippen LogP contribution in [-0.2, 0) is 10.2 Å². The Hall–Kier alpha value is -2.65. The van der Waals surface area contributed by atoms with Crippen LogP contribution in [0.25, 0.3) is 0 Å². The minimum Gasteiger partial charge on any atom is -0.481 e. The van der Waals surface area contributed by atoms with E-state index in [4.69, 9.17) is 5.11 Å². The molecule has 0 radical (unpaired) electrons. The number of carboxylic acid groups (broad SMARTS) is 1. The van der Waals surface area contributed by atoms with Crippen LogP contribution >= 0.6 is 0 Å². The minimum atomic E-state index is -4.76. The highest BCUT2D eigenvalue weighted by molar-refractivity contribution is 5.95. The SMILES string of the molecule is CC(C)(C)c1ccc(C(=O)N2C[C@@H](C(F)(F)F)[C@H](C(=O)O)C2)cc1[N+](=O)[O-]. The third-order valence-electron chi connectivity index (χ3n) is 4.59. The zero-order valence-corrected chi connectivity index (χ0v) is 14.9. The molecule has 0 bridgehead atoms. The van der Waals surface area contributed by atoms with Crippen LogP contribution in [0.3, 0.4) is 0 Å². The average molecular weight is 388 g/mol. The highest BCUT2D eigenvalue weighted by Gasteiger charge is 2.53. The van der Waals surface area contributed by atoms with Gasteiger partial charge in [0.15, 0.2) is 0 Å². The summed E-state index contributed by atoms with van der Waals surface area (Å²) in [6.07, 6.45) is -4.76. The summed E-state index contributed by atoms with van der Waals surface area (Å²) in [6.45, 7) is 3.86. The van der Waals surface area contributed by atoms with Gasteiger partial charge in [-0.15, -0.1) is 0 Å². The van der Waals surface area contributed by atoms with E-state index in [2.05, 4.69) is 0 Å². The highest BCUT2D eigenvalue weighted by atomic mass is 19.4. The van der Waals surface area contributed by atoms with E-state index in [1.807, 2.05) is 0 Å². The number of hydrogen-bond acceptors (Lipinski definition) is 4. The summed E-state index contributed by atoms with van der Waals surface area (Å²) in [5.41, 5.74) is -0.661. The van der Waals surface area contributed by atoms with Gasteiger partial charge in [-0.05, 0) is 11.5 Å². The molecule has 0 saturated carbocycles. The zero-order chi connectivity index (χ0) is 20.7. The van der Waals surface area contributed by atoms with Gasteiger partial charge in [-0.3, -0.25) is 19.7 Å². The van der Waals surface area contributed by atoms with Gasteiger partial charge >= 0.3 is 12.1 Å². The number of alkyl halides is 3. The highest BCUT2D eigenvalue weighted by Crippen LogP contribution is 2.39. The molecule has 1 amide bonds. The second-order valence-corrected chi connectivity index (χ2v) is 7.54. The molecule has 0 unspecified atom stereocenters. The number of nitrogens with zero attached hydrogens (tertiary/aromatic N) is 2. The third kappa shape index (κ3) is 4.20. The number of halogens is 3. The molecule has 27 heavy (non-hydrogen) atoms. The predicted molar refractivity (Wildman–Crippen MR) is 88.4 cm³/mol. The minimum absolute atomic E-state index is 0.151. The van der Waals surface area contributed by atoms with Crippen molar-refractivity contribution in [2.45, 2.75) is 32.4 Å².